The molecule has 0 atom stereocenters. The Balaban J connectivity index is 2.40. The Morgan fingerprint density at radius 1 is 0.706 bits per heavy atom. The van der Waals surface area contributed by atoms with Gasteiger partial charge in [-0.2, -0.15) is 0 Å². The third kappa shape index (κ3) is 3.18. The minimum atomic E-state index is 0.941. The van der Waals surface area contributed by atoms with Gasteiger partial charge in [-0.15, -0.1) is 0 Å². The first-order valence-electron chi connectivity index (χ1n) is 5.81. The second-order valence-electron chi connectivity index (χ2n) is 3.95. The summed E-state index contributed by atoms with van der Waals surface area (Å²) in [7, 11) is 0. The van der Waals surface area contributed by atoms with Gasteiger partial charge in [-0.3, -0.25) is 0 Å². The van der Waals surface area contributed by atoms with Crippen molar-refractivity contribution in [1.29, 1.82) is 0 Å². The van der Waals surface area contributed by atoms with Crippen molar-refractivity contribution in [3.8, 4) is 0 Å². The molecule has 0 aromatic rings. The largest absolute Gasteiger partial charge is 0.0949 e. The minimum absolute atomic E-state index is 0.941. The minimum Gasteiger partial charge on any atom is -0.0949 e. The number of hydrogen-bond acceptors (Lipinski definition) is 0. The lowest BCUT2D eigenvalue weighted by Crippen LogP contribution is -1.93. The van der Waals surface area contributed by atoms with Gasteiger partial charge in [-0.1, -0.05) is 79.5 Å². The van der Waals surface area contributed by atoms with Gasteiger partial charge in [0.25, 0.3) is 0 Å². The summed E-state index contributed by atoms with van der Waals surface area (Å²) < 4.78 is 0. The molecule has 2 aliphatic carbocycles. The molecule has 0 bridgehead atoms. The van der Waals surface area contributed by atoms with E-state index in [4.69, 9.17) is 0 Å². The normalized spacial score (nSPS) is 28.6. The van der Waals surface area contributed by atoms with Crippen LogP contribution in [0.25, 0.3) is 0 Å². The second-order valence-corrected chi connectivity index (χ2v) is 3.95. The van der Waals surface area contributed by atoms with E-state index in [2.05, 4.69) is 43.0 Å². The highest BCUT2D eigenvalue weighted by Crippen LogP contribution is 2.25. The lowest BCUT2D eigenvalue weighted by Gasteiger charge is -2.12. The Morgan fingerprint density at radius 3 is 2.00 bits per heavy atom. The summed E-state index contributed by atoms with van der Waals surface area (Å²) in [6, 6.07) is 0. The van der Waals surface area contributed by atoms with Gasteiger partial charge in [0.15, 0.2) is 0 Å². The zero-order valence-corrected chi connectivity index (χ0v) is 9.84. The van der Waals surface area contributed by atoms with Crippen LogP contribution in [-0.2, 0) is 0 Å². The highest BCUT2D eigenvalue weighted by atomic mass is 14.1. The van der Waals surface area contributed by atoms with Gasteiger partial charge in [0.1, 0.15) is 0 Å². The fraction of sp³-hybridized carbons (Fsp3) is 0.0588. The molecule has 84 valence electrons. The van der Waals surface area contributed by atoms with Gasteiger partial charge in [-0.05, 0) is 23.1 Å². The smallest absolute Gasteiger partial charge is 0.00938 e. The summed E-state index contributed by atoms with van der Waals surface area (Å²) in [4.78, 5) is 0. The summed E-state index contributed by atoms with van der Waals surface area (Å²) in [6.45, 7) is 4.12. The van der Waals surface area contributed by atoms with Crippen molar-refractivity contribution in [3.63, 3.8) is 0 Å². The van der Waals surface area contributed by atoms with Crippen LogP contribution in [-0.4, -0.2) is 0 Å². The first kappa shape index (κ1) is 11.4. The topological polar surface area (TPSA) is 0 Å². The predicted molar refractivity (Wildman–Crippen MR) is 75.6 cm³/mol. The maximum Gasteiger partial charge on any atom is -0.00938 e. The van der Waals surface area contributed by atoms with Crippen molar-refractivity contribution >= 4 is 0 Å². The van der Waals surface area contributed by atoms with Crippen LogP contribution in [0, 0.1) is 0 Å². The van der Waals surface area contributed by atoms with Crippen LogP contribution in [0.2, 0.25) is 0 Å². The van der Waals surface area contributed by atoms with Crippen molar-refractivity contribution in [2.75, 3.05) is 0 Å². The Hall–Kier alpha value is -2.08. The molecule has 17 heavy (non-hydrogen) atoms. The molecule has 0 nitrogen and oxygen atoms in total. The summed E-state index contributed by atoms with van der Waals surface area (Å²) >= 11 is 0. The lowest BCUT2D eigenvalue weighted by atomic mass is 9.92. The van der Waals surface area contributed by atoms with E-state index in [1.54, 1.807) is 0 Å². The van der Waals surface area contributed by atoms with Crippen molar-refractivity contribution in [1.82, 2.24) is 0 Å². The number of rotatable bonds is 0. The molecule has 0 radical (unpaired) electrons. The molecule has 0 aromatic heterocycles. The summed E-state index contributed by atoms with van der Waals surface area (Å²) in [5, 5.41) is 0. The second kappa shape index (κ2) is 5.86. The first-order valence-corrected chi connectivity index (χ1v) is 5.81. The molecule has 0 aromatic carbocycles. The van der Waals surface area contributed by atoms with E-state index in [0.29, 0.717) is 0 Å². The fourth-order valence-corrected chi connectivity index (χ4v) is 1.79. The Bertz CT molecular complexity index is 500. The maximum atomic E-state index is 4.12. The van der Waals surface area contributed by atoms with Crippen LogP contribution in [0.1, 0.15) is 6.42 Å². The molecular formula is C17H16. The lowest BCUT2D eigenvalue weighted by molar-refractivity contribution is 1.21. The van der Waals surface area contributed by atoms with E-state index in [0.717, 1.165) is 6.42 Å². The summed E-state index contributed by atoms with van der Waals surface area (Å²) in [6.07, 6.45) is 25.8. The van der Waals surface area contributed by atoms with Gasteiger partial charge in [0.05, 0.1) is 0 Å². The van der Waals surface area contributed by atoms with Crippen LogP contribution in [0.5, 0.6) is 0 Å². The van der Waals surface area contributed by atoms with Gasteiger partial charge in [0.2, 0.25) is 0 Å². The van der Waals surface area contributed by atoms with Crippen LogP contribution in [0.3, 0.4) is 0 Å². The van der Waals surface area contributed by atoms with Crippen LogP contribution < -0.4 is 0 Å². The molecule has 0 heterocycles. The first-order chi connectivity index (χ1) is 8.38. The van der Waals surface area contributed by atoms with Crippen molar-refractivity contribution in [2.45, 2.75) is 6.42 Å². The molecule has 0 unspecified atom stereocenters. The van der Waals surface area contributed by atoms with Crippen LogP contribution in [0.15, 0.2) is 96.2 Å². The Labute approximate surface area is 103 Å². The van der Waals surface area contributed by atoms with Gasteiger partial charge in [-0.25, -0.2) is 0 Å². The molecule has 0 spiro atoms. The zero-order valence-electron chi connectivity index (χ0n) is 9.84. The molecule has 0 saturated heterocycles. The SMILES string of the molecule is C=C1CC=CC2=C1\C=C/C=C\C=C/C=C\C=C/2. The van der Waals surface area contributed by atoms with E-state index >= 15 is 0 Å². The third-order valence-corrected chi connectivity index (χ3v) is 2.67. The molecule has 2 rings (SSSR count). The quantitative estimate of drug-likeness (QED) is 0.560. The fourth-order valence-electron chi connectivity index (χ4n) is 1.79. The predicted octanol–water partition coefficient (Wildman–Crippen LogP) is 4.59. The molecule has 0 saturated carbocycles. The highest BCUT2D eigenvalue weighted by molar-refractivity contribution is 5.54. The molecule has 2 aliphatic rings. The molecular weight excluding hydrogens is 204 g/mol. The van der Waals surface area contributed by atoms with Gasteiger partial charge < -0.3 is 0 Å². The van der Waals surface area contributed by atoms with E-state index < -0.39 is 0 Å². The number of allylic oxidation sites excluding steroid dienone is 15. The van der Waals surface area contributed by atoms with Gasteiger partial charge in [0, 0.05) is 0 Å². The van der Waals surface area contributed by atoms with Crippen LogP contribution >= 0.6 is 0 Å². The van der Waals surface area contributed by atoms with Gasteiger partial charge >= 0.3 is 0 Å². The summed E-state index contributed by atoms with van der Waals surface area (Å²) in [5.41, 5.74) is 3.62. The third-order valence-electron chi connectivity index (χ3n) is 2.67. The molecule has 0 amide bonds. The Morgan fingerprint density at radius 2 is 1.29 bits per heavy atom. The molecule has 0 heteroatoms. The number of hydrogen-bond donors (Lipinski definition) is 0. The van der Waals surface area contributed by atoms with E-state index in [1.807, 2.05) is 36.5 Å². The average molecular weight is 220 g/mol. The monoisotopic (exact) mass is 220 g/mol. The highest BCUT2D eigenvalue weighted by Gasteiger charge is 2.06. The average Bonchev–Trinajstić information content (AvgIpc) is 2.31. The summed E-state index contributed by atoms with van der Waals surface area (Å²) in [5.74, 6) is 0. The van der Waals surface area contributed by atoms with Crippen molar-refractivity contribution < 1.29 is 0 Å². The maximum absolute atomic E-state index is 4.12. The Kier molecular flexibility index (Phi) is 3.93. The molecule has 0 fully saturated rings. The van der Waals surface area contributed by atoms with Crippen molar-refractivity contribution in [2.24, 2.45) is 0 Å². The zero-order chi connectivity index (χ0) is 11.9. The van der Waals surface area contributed by atoms with Crippen molar-refractivity contribution in [3.05, 3.63) is 96.2 Å². The standard InChI is InChI=1S/C17H16/c1-15-11-10-13-16-12-8-6-4-2-3-5-7-9-14-17(15)16/h2-10,12-14H,1,11H2/b3-2-,4-2?,5-3?,6-4-,7-5-,8-6?,9-7?,12-8-,14-9-,16-12?,17-14?. The van der Waals surface area contributed by atoms with E-state index in [1.165, 1.54) is 16.7 Å². The van der Waals surface area contributed by atoms with E-state index in [9.17, 15) is 0 Å². The van der Waals surface area contributed by atoms with E-state index in [-0.39, 0.29) is 0 Å². The molecule has 0 aliphatic heterocycles. The molecule has 0 N–H and O–H groups in total. The van der Waals surface area contributed by atoms with Crippen LogP contribution in [0.4, 0.5) is 0 Å².